The number of anilines is 1. The van der Waals surface area contributed by atoms with E-state index in [0.29, 0.717) is 5.95 Å². The lowest BCUT2D eigenvalue weighted by molar-refractivity contribution is -0.142. The van der Waals surface area contributed by atoms with Gasteiger partial charge in [0.05, 0.1) is 6.10 Å². The summed E-state index contributed by atoms with van der Waals surface area (Å²) in [6.45, 7) is 4.57. The zero-order chi connectivity index (χ0) is 14.3. The van der Waals surface area contributed by atoms with Crippen LogP contribution in [0.4, 0.5) is 5.95 Å². The number of hydrogen-bond acceptors (Lipinski definition) is 6. The predicted octanol–water partition coefficient (Wildman–Crippen LogP) is 0.222. The van der Waals surface area contributed by atoms with Crippen LogP contribution in [0.2, 0.25) is 0 Å². The van der Waals surface area contributed by atoms with Gasteiger partial charge >= 0.3 is 5.97 Å². The van der Waals surface area contributed by atoms with Crippen molar-refractivity contribution in [1.82, 2.24) is 15.3 Å². The van der Waals surface area contributed by atoms with Crippen LogP contribution in [0.5, 0.6) is 0 Å². The molecular formula is C12H20N4O3. The molecule has 0 aliphatic heterocycles. The van der Waals surface area contributed by atoms with Gasteiger partial charge in [0, 0.05) is 31.0 Å². The van der Waals surface area contributed by atoms with E-state index in [0.717, 1.165) is 18.5 Å². The molecule has 1 aromatic rings. The van der Waals surface area contributed by atoms with E-state index < -0.39 is 18.1 Å². The van der Waals surface area contributed by atoms with Gasteiger partial charge in [0.2, 0.25) is 5.95 Å². The third kappa shape index (κ3) is 5.19. The molecule has 1 rings (SSSR count). The fraction of sp³-hybridized carbons (Fsp3) is 0.583. The van der Waals surface area contributed by atoms with E-state index in [1.54, 1.807) is 12.4 Å². The molecule has 0 bridgehead atoms. The average molecular weight is 268 g/mol. The molecule has 7 heteroatoms. The fourth-order valence-electron chi connectivity index (χ4n) is 1.47. The van der Waals surface area contributed by atoms with Crippen LogP contribution >= 0.6 is 0 Å². The molecule has 0 amide bonds. The van der Waals surface area contributed by atoms with E-state index in [-0.39, 0.29) is 6.54 Å². The minimum Gasteiger partial charge on any atom is -0.480 e. The fourth-order valence-corrected chi connectivity index (χ4v) is 1.47. The smallest absolute Gasteiger partial charge is 0.323 e. The maximum absolute atomic E-state index is 10.9. The number of aliphatic hydroxyl groups is 1. The lowest BCUT2D eigenvalue weighted by Gasteiger charge is -2.16. The van der Waals surface area contributed by atoms with Crippen molar-refractivity contribution in [3.8, 4) is 0 Å². The summed E-state index contributed by atoms with van der Waals surface area (Å²) < 4.78 is 0. The van der Waals surface area contributed by atoms with Gasteiger partial charge in [0.15, 0.2) is 0 Å². The van der Waals surface area contributed by atoms with Gasteiger partial charge < -0.3 is 15.5 Å². The van der Waals surface area contributed by atoms with Gasteiger partial charge in [-0.1, -0.05) is 6.92 Å². The highest BCUT2D eigenvalue weighted by Crippen LogP contribution is 2.02. The Hall–Kier alpha value is -1.73. The first-order chi connectivity index (χ1) is 9.04. The van der Waals surface area contributed by atoms with Gasteiger partial charge in [-0.3, -0.25) is 10.1 Å². The highest BCUT2D eigenvalue weighted by atomic mass is 16.4. The highest BCUT2D eigenvalue weighted by Gasteiger charge is 2.21. The minimum atomic E-state index is -1.09. The number of carboxylic acids is 1. The molecular weight excluding hydrogens is 248 g/mol. The Morgan fingerprint density at radius 3 is 2.53 bits per heavy atom. The van der Waals surface area contributed by atoms with Crippen molar-refractivity contribution >= 4 is 11.9 Å². The molecule has 19 heavy (non-hydrogen) atoms. The van der Waals surface area contributed by atoms with Crippen LogP contribution in [0.25, 0.3) is 0 Å². The zero-order valence-corrected chi connectivity index (χ0v) is 11.1. The first-order valence-electron chi connectivity index (χ1n) is 6.23. The Labute approximate surface area is 112 Å². The molecule has 4 N–H and O–H groups in total. The van der Waals surface area contributed by atoms with Crippen LogP contribution in [0, 0.1) is 0 Å². The summed E-state index contributed by atoms with van der Waals surface area (Å²) in [4.78, 5) is 19.1. The molecule has 106 valence electrons. The first kappa shape index (κ1) is 15.3. The van der Waals surface area contributed by atoms with Crippen LogP contribution in [-0.2, 0) is 11.3 Å². The number of aliphatic hydroxyl groups excluding tert-OH is 1. The second-order valence-corrected chi connectivity index (χ2v) is 4.28. The molecule has 0 spiro atoms. The Morgan fingerprint density at radius 2 is 2.05 bits per heavy atom. The van der Waals surface area contributed by atoms with Crippen molar-refractivity contribution in [2.24, 2.45) is 0 Å². The molecule has 1 aromatic heterocycles. The van der Waals surface area contributed by atoms with E-state index in [9.17, 15) is 9.90 Å². The summed E-state index contributed by atoms with van der Waals surface area (Å²) in [5.41, 5.74) is 0.758. The molecule has 0 radical (unpaired) electrons. The van der Waals surface area contributed by atoms with Gasteiger partial charge in [-0.05, 0) is 13.3 Å². The maximum atomic E-state index is 10.9. The summed E-state index contributed by atoms with van der Waals surface area (Å²) in [6, 6.07) is -1.00. The van der Waals surface area contributed by atoms with Gasteiger partial charge in [-0.15, -0.1) is 0 Å². The molecule has 0 unspecified atom stereocenters. The zero-order valence-electron chi connectivity index (χ0n) is 11.1. The quantitative estimate of drug-likeness (QED) is 0.534. The Kier molecular flexibility index (Phi) is 6.17. The number of nitrogens with zero attached hydrogens (tertiary/aromatic N) is 2. The van der Waals surface area contributed by atoms with Crippen molar-refractivity contribution in [2.75, 3.05) is 11.9 Å². The molecule has 7 nitrogen and oxygen atoms in total. The lowest BCUT2D eigenvalue weighted by Crippen LogP contribution is -2.44. The standard InChI is InChI=1S/C12H20N4O3/c1-3-4-13-12-15-6-9(7-16-12)5-14-10(8(2)17)11(18)19/h6-8,10,14,17H,3-5H2,1-2H3,(H,18,19)(H,13,15,16)/t8-,10-/m0/s1. The van der Waals surface area contributed by atoms with E-state index in [4.69, 9.17) is 5.11 Å². The highest BCUT2D eigenvalue weighted by molar-refractivity contribution is 5.74. The van der Waals surface area contributed by atoms with Crippen molar-refractivity contribution in [2.45, 2.75) is 39.0 Å². The molecule has 0 aliphatic rings. The monoisotopic (exact) mass is 268 g/mol. The van der Waals surface area contributed by atoms with E-state index in [2.05, 4.69) is 20.6 Å². The van der Waals surface area contributed by atoms with Crippen molar-refractivity contribution in [1.29, 1.82) is 0 Å². The lowest BCUT2D eigenvalue weighted by atomic mass is 10.2. The van der Waals surface area contributed by atoms with Crippen LogP contribution in [0.15, 0.2) is 12.4 Å². The Bertz CT molecular complexity index is 394. The average Bonchev–Trinajstić information content (AvgIpc) is 2.37. The van der Waals surface area contributed by atoms with Gasteiger partial charge in [-0.25, -0.2) is 9.97 Å². The number of aromatic nitrogens is 2. The molecule has 0 aliphatic carbocycles. The SMILES string of the molecule is CCCNc1ncc(CN[C@H](C(=O)O)[C@H](C)O)cn1. The molecule has 0 fully saturated rings. The summed E-state index contributed by atoms with van der Waals surface area (Å²) in [5.74, 6) is -0.534. The summed E-state index contributed by atoms with van der Waals surface area (Å²) in [6.07, 6.45) is 3.27. The maximum Gasteiger partial charge on any atom is 0.323 e. The van der Waals surface area contributed by atoms with Crippen LogP contribution in [0.3, 0.4) is 0 Å². The third-order valence-electron chi connectivity index (χ3n) is 2.51. The van der Waals surface area contributed by atoms with Gasteiger partial charge in [-0.2, -0.15) is 0 Å². The first-order valence-corrected chi connectivity index (χ1v) is 6.23. The summed E-state index contributed by atoms with van der Waals surface area (Å²) in [5, 5.41) is 24.0. The van der Waals surface area contributed by atoms with Gasteiger partial charge in [0.1, 0.15) is 6.04 Å². The number of carboxylic acid groups (broad SMARTS) is 1. The van der Waals surface area contributed by atoms with E-state index in [1.807, 2.05) is 6.92 Å². The summed E-state index contributed by atoms with van der Waals surface area (Å²) >= 11 is 0. The van der Waals surface area contributed by atoms with Crippen molar-refractivity contribution in [3.63, 3.8) is 0 Å². The second-order valence-electron chi connectivity index (χ2n) is 4.28. The molecule has 2 atom stereocenters. The molecule has 1 heterocycles. The van der Waals surface area contributed by atoms with E-state index in [1.165, 1.54) is 6.92 Å². The second kappa shape index (κ2) is 7.65. The summed E-state index contributed by atoms with van der Waals surface area (Å²) in [7, 11) is 0. The van der Waals surface area contributed by atoms with Crippen molar-refractivity contribution in [3.05, 3.63) is 18.0 Å². The molecule has 0 saturated carbocycles. The largest absolute Gasteiger partial charge is 0.480 e. The van der Waals surface area contributed by atoms with Crippen LogP contribution in [0.1, 0.15) is 25.8 Å². The Balaban J connectivity index is 2.51. The topological polar surface area (TPSA) is 107 Å². The van der Waals surface area contributed by atoms with Crippen LogP contribution < -0.4 is 10.6 Å². The molecule has 0 saturated heterocycles. The van der Waals surface area contributed by atoms with Crippen molar-refractivity contribution < 1.29 is 15.0 Å². The van der Waals surface area contributed by atoms with Crippen LogP contribution in [-0.4, -0.2) is 44.8 Å². The molecule has 0 aromatic carbocycles. The number of hydrogen-bond donors (Lipinski definition) is 4. The van der Waals surface area contributed by atoms with Gasteiger partial charge in [0.25, 0.3) is 0 Å². The Morgan fingerprint density at radius 1 is 1.42 bits per heavy atom. The van der Waals surface area contributed by atoms with E-state index >= 15 is 0 Å². The number of rotatable bonds is 8. The number of carbonyl (C=O) groups is 1. The normalized spacial score (nSPS) is 13.8. The minimum absolute atomic E-state index is 0.288. The number of nitrogens with one attached hydrogen (secondary N) is 2. The third-order valence-corrected chi connectivity index (χ3v) is 2.51. The number of aliphatic carboxylic acids is 1. The predicted molar refractivity (Wildman–Crippen MR) is 70.8 cm³/mol.